The average Bonchev–Trinajstić information content (AvgIpc) is 2.75. The Morgan fingerprint density at radius 1 is 0.609 bits per heavy atom. The van der Waals surface area contributed by atoms with Gasteiger partial charge in [-0.25, -0.2) is 0 Å². The van der Waals surface area contributed by atoms with E-state index in [4.69, 9.17) is 0 Å². The second-order valence-electron chi connectivity index (χ2n) is 7.01. The molecule has 1 aliphatic rings. The van der Waals surface area contributed by atoms with Gasteiger partial charge in [0, 0.05) is 23.8 Å². The van der Waals surface area contributed by atoms with Gasteiger partial charge in [0.15, 0.2) is 0 Å². The maximum atomic E-state index is 2.39. The predicted molar refractivity (Wildman–Crippen MR) is 100 cm³/mol. The number of para-hydroxylation sites is 2. The van der Waals surface area contributed by atoms with E-state index < -0.39 is 0 Å². The molecule has 0 aromatic heterocycles. The molecule has 0 atom stereocenters. The molecule has 0 amide bonds. The van der Waals surface area contributed by atoms with Gasteiger partial charge in [-0.05, 0) is 63.8 Å². The molecule has 0 saturated carbocycles. The van der Waals surface area contributed by atoms with Crippen LogP contribution in [-0.4, -0.2) is 5.66 Å². The molecule has 0 saturated heterocycles. The number of aryl methyl sites for hydroxylation is 4. The summed E-state index contributed by atoms with van der Waals surface area (Å²) in [4.78, 5) is 4.78. The van der Waals surface area contributed by atoms with Crippen LogP contribution in [0.3, 0.4) is 0 Å². The van der Waals surface area contributed by atoms with Crippen molar-refractivity contribution in [3.8, 4) is 0 Å². The van der Waals surface area contributed by atoms with E-state index >= 15 is 0 Å². The van der Waals surface area contributed by atoms with Gasteiger partial charge in [0.2, 0.25) is 0 Å². The molecule has 2 nitrogen and oxygen atoms in total. The molecule has 2 aromatic rings. The third-order valence-electron chi connectivity index (χ3n) is 4.90. The van der Waals surface area contributed by atoms with Gasteiger partial charge in [0.05, 0.1) is 0 Å². The molecule has 0 spiro atoms. The van der Waals surface area contributed by atoms with E-state index in [0.717, 1.165) is 0 Å². The Morgan fingerprint density at radius 3 is 1.22 bits per heavy atom. The second kappa shape index (κ2) is 5.45. The van der Waals surface area contributed by atoms with E-state index in [1.54, 1.807) is 0 Å². The van der Waals surface area contributed by atoms with Crippen LogP contribution in [0.15, 0.2) is 48.8 Å². The second-order valence-corrected chi connectivity index (χ2v) is 7.01. The lowest BCUT2D eigenvalue weighted by Crippen LogP contribution is -2.49. The van der Waals surface area contributed by atoms with Crippen LogP contribution in [-0.2, 0) is 0 Å². The summed E-state index contributed by atoms with van der Waals surface area (Å²) < 4.78 is 0. The summed E-state index contributed by atoms with van der Waals surface area (Å²) in [5, 5.41) is 0. The van der Waals surface area contributed by atoms with Crippen LogP contribution in [0.25, 0.3) is 0 Å². The zero-order valence-electron chi connectivity index (χ0n) is 15.0. The van der Waals surface area contributed by atoms with E-state index in [1.807, 2.05) is 0 Å². The molecule has 0 radical (unpaired) electrons. The third-order valence-corrected chi connectivity index (χ3v) is 4.90. The first-order valence-electron chi connectivity index (χ1n) is 8.23. The van der Waals surface area contributed by atoms with Gasteiger partial charge in [-0.2, -0.15) is 0 Å². The summed E-state index contributed by atoms with van der Waals surface area (Å²) in [7, 11) is 0. The van der Waals surface area contributed by atoms with Crippen LogP contribution in [0.5, 0.6) is 0 Å². The summed E-state index contributed by atoms with van der Waals surface area (Å²) in [5.41, 5.74) is 7.72. The molecule has 0 N–H and O–H groups in total. The van der Waals surface area contributed by atoms with Gasteiger partial charge < -0.3 is 9.80 Å². The van der Waals surface area contributed by atoms with Crippen LogP contribution in [0.2, 0.25) is 0 Å². The van der Waals surface area contributed by atoms with E-state index in [2.05, 4.69) is 100 Å². The van der Waals surface area contributed by atoms with Crippen LogP contribution < -0.4 is 9.80 Å². The Hall–Kier alpha value is -2.22. The van der Waals surface area contributed by atoms with Crippen LogP contribution in [0, 0.1) is 27.7 Å². The maximum Gasteiger partial charge on any atom is 0.115 e. The largest absolute Gasteiger partial charge is 0.323 e. The Balaban J connectivity index is 2.09. The van der Waals surface area contributed by atoms with Crippen molar-refractivity contribution in [2.24, 2.45) is 0 Å². The minimum Gasteiger partial charge on any atom is -0.323 e. The number of benzene rings is 2. The Morgan fingerprint density at radius 2 is 0.913 bits per heavy atom. The van der Waals surface area contributed by atoms with Crippen molar-refractivity contribution in [3.05, 3.63) is 71.1 Å². The summed E-state index contributed by atoms with van der Waals surface area (Å²) in [6, 6.07) is 13.0. The van der Waals surface area contributed by atoms with Crippen molar-refractivity contribution in [2.75, 3.05) is 9.80 Å². The van der Waals surface area contributed by atoms with Gasteiger partial charge in [0.1, 0.15) is 5.66 Å². The summed E-state index contributed by atoms with van der Waals surface area (Å²) in [6.07, 6.45) is 4.42. The molecular weight excluding hydrogens is 280 g/mol. The van der Waals surface area contributed by atoms with Crippen LogP contribution >= 0.6 is 0 Å². The number of rotatable bonds is 2. The molecule has 0 unspecified atom stereocenters. The van der Waals surface area contributed by atoms with Crippen molar-refractivity contribution in [2.45, 2.75) is 47.2 Å². The van der Waals surface area contributed by atoms with Gasteiger partial charge in [-0.3, -0.25) is 0 Å². The molecule has 1 heterocycles. The molecule has 1 aliphatic heterocycles. The number of hydrogen-bond donors (Lipinski definition) is 0. The first kappa shape index (κ1) is 15.7. The number of hydrogen-bond acceptors (Lipinski definition) is 2. The summed E-state index contributed by atoms with van der Waals surface area (Å²) >= 11 is 0. The Bertz CT molecular complexity index is 667. The van der Waals surface area contributed by atoms with E-state index in [-0.39, 0.29) is 5.66 Å². The van der Waals surface area contributed by atoms with E-state index in [0.29, 0.717) is 0 Å². The predicted octanol–water partition coefficient (Wildman–Crippen LogP) is 5.45. The lowest BCUT2D eigenvalue weighted by atomic mass is 10.0. The van der Waals surface area contributed by atoms with Crippen molar-refractivity contribution in [3.63, 3.8) is 0 Å². The fourth-order valence-electron chi connectivity index (χ4n) is 3.68. The van der Waals surface area contributed by atoms with Gasteiger partial charge >= 0.3 is 0 Å². The highest BCUT2D eigenvalue weighted by atomic mass is 15.4. The fourth-order valence-corrected chi connectivity index (χ4v) is 3.68. The minimum atomic E-state index is -0.145. The highest BCUT2D eigenvalue weighted by molar-refractivity contribution is 5.71. The molecule has 2 aromatic carbocycles. The molecule has 120 valence electrons. The highest BCUT2D eigenvalue weighted by Gasteiger charge is 2.38. The zero-order valence-corrected chi connectivity index (χ0v) is 15.0. The maximum absolute atomic E-state index is 2.39. The molecule has 3 rings (SSSR count). The summed E-state index contributed by atoms with van der Waals surface area (Å²) in [5.74, 6) is 0. The lowest BCUT2D eigenvalue weighted by Gasteiger charge is -2.42. The first-order chi connectivity index (χ1) is 10.8. The zero-order chi connectivity index (χ0) is 16.8. The molecule has 0 fully saturated rings. The van der Waals surface area contributed by atoms with Crippen LogP contribution in [0.4, 0.5) is 11.4 Å². The van der Waals surface area contributed by atoms with Gasteiger partial charge in [-0.1, -0.05) is 36.4 Å². The van der Waals surface area contributed by atoms with Crippen molar-refractivity contribution >= 4 is 11.4 Å². The van der Waals surface area contributed by atoms with Crippen LogP contribution in [0.1, 0.15) is 36.1 Å². The Kier molecular flexibility index (Phi) is 3.71. The molecule has 23 heavy (non-hydrogen) atoms. The fraction of sp³-hybridized carbons (Fsp3) is 0.333. The van der Waals surface area contributed by atoms with Gasteiger partial charge in [-0.15, -0.1) is 0 Å². The molecule has 0 aliphatic carbocycles. The monoisotopic (exact) mass is 306 g/mol. The third kappa shape index (κ3) is 2.42. The molecule has 0 bridgehead atoms. The molecule has 2 heteroatoms. The first-order valence-corrected chi connectivity index (χ1v) is 8.23. The standard InChI is InChI=1S/C21H26N2/c1-15-9-7-10-16(2)19(15)22-13-14-23(21(22,5)6)20-17(3)11-8-12-18(20)4/h7-14H,1-6H3. The van der Waals surface area contributed by atoms with E-state index in [1.165, 1.54) is 33.6 Å². The Labute approximate surface area is 140 Å². The van der Waals surface area contributed by atoms with E-state index in [9.17, 15) is 0 Å². The quantitative estimate of drug-likeness (QED) is 0.727. The number of nitrogens with zero attached hydrogens (tertiary/aromatic N) is 2. The van der Waals surface area contributed by atoms with Crippen molar-refractivity contribution < 1.29 is 0 Å². The highest BCUT2D eigenvalue weighted by Crippen LogP contribution is 2.41. The van der Waals surface area contributed by atoms with Crippen molar-refractivity contribution in [1.29, 1.82) is 0 Å². The topological polar surface area (TPSA) is 6.48 Å². The number of anilines is 2. The summed E-state index contributed by atoms with van der Waals surface area (Å²) in [6.45, 7) is 13.3. The SMILES string of the molecule is Cc1cccc(C)c1N1C=CN(c2c(C)cccc2C)C1(C)C. The normalized spacial score (nSPS) is 16.3. The smallest absolute Gasteiger partial charge is 0.115 e. The average molecular weight is 306 g/mol. The van der Waals surface area contributed by atoms with Gasteiger partial charge in [0.25, 0.3) is 0 Å². The van der Waals surface area contributed by atoms with Crippen molar-refractivity contribution in [1.82, 2.24) is 0 Å². The lowest BCUT2D eigenvalue weighted by molar-refractivity contribution is 0.529. The molecular formula is C21H26N2. The minimum absolute atomic E-state index is 0.145.